The van der Waals surface area contributed by atoms with Gasteiger partial charge >= 0.3 is 0 Å². The highest BCUT2D eigenvalue weighted by molar-refractivity contribution is 7.98. The van der Waals surface area contributed by atoms with Crippen LogP contribution in [0.25, 0.3) is 0 Å². The van der Waals surface area contributed by atoms with Crippen LogP contribution in [0, 0.1) is 13.8 Å². The highest BCUT2D eigenvalue weighted by Crippen LogP contribution is 2.34. The van der Waals surface area contributed by atoms with E-state index in [2.05, 4.69) is 15.3 Å². The smallest absolute Gasteiger partial charge is 0.231 e. The van der Waals surface area contributed by atoms with Gasteiger partial charge in [-0.2, -0.15) is 0 Å². The number of rotatable bonds is 6. The number of amides is 1. The lowest BCUT2D eigenvalue weighted by atomic mass is 10.1. The van der Waals surface area contributed by atoms with Crippen LogP contribution in [0.3, 0.4) is 0 Å². The van der Waals surface area contributed by atoms with Crippen molar-refractivity contribution in [2.24, 2.45) is 0 Å². The Morgan fingerprint density at radius 3 is 2.62 bits per heavy atom. The number of aryl methyl sites for hydroxylation is 2. The molecule has 0 aliphatic carbocycles. The summed E-state index contributed by atoms with van der Waals surface area (Å²) in [6.07, 6.45) is 2.99. The Morgan fingerprint density at radius 2 is 1.92 bits per heavy atom. The van der Waals surface area contributed by atoms with Crippen LogP contribution in [0.15, 0.2) is 23.4 Å². The molecule has 1 aromatic carbocycles. The van der Waals surface area contributed by atoms with Crippen molar-refractivity contribution in [3.63, 3.8) is 0 Å². The van der Waals surface area contributed by atoms with Crippen LogP contribution < -0.4 is 14.8 Å². The van der Waals surface area contributed by atoms with Gasteiger partial charge in [0.1, 0.15) is 0 Å². The maximum absolute atomic E-state index is 12.4. The number of nitrogens with one attached hydrogen (secondary N) is 1. The summed E-state index contributed by atoms with van der Waals surface area (Å²) in [5, 5.41) is 3.81. The molecule has 0 fully saturated rings. The maximum Gasteiger partial charge on any atom is 0.231 e. The highest BCUT2D eigenvalue weighted by atomic mass is 32.2. The van der Waals surface area contributed by atoms with Gasteiger partial charge in [0.2, 0.25) is 12.7 Å². The molecule has 2 heterocycles. The zero-order valence-corrected chi connectivity index (χ0v) is 16.3. The topological polar surface area (TPSA) is 73.3 Å². The molecule has 2 aromatic rings. The summed E-state index contributed by atoms with van der Waals surface area (Å²) in [4.78, 5) is 21.3. The minimum Gasteiger partial charge on any atom is -0.454 e. The lowest BCUT2D eigenvalue weighted by Gasteiger charge is -2.15. The fourth-order valence-corrected chi connectivity index (χ4v) is 3.44. The Morgan fingerprint density at radius 1 is 1.23 bits per heavy atom. The monoisotopic (exact) mass is 373 g/mol. The van der Waals surface area contributed by atoms with E-state index in [1.165, 1.54) is 11.8 Å². The molecule has 26 heavy (non-hydrogen) atoms. The summed E-state index contributed by atoms with van der Waals surface area (Å²) in [5.74, 6) is 1.47. The summed E-state index contributed by atoms with van der Waals surface area (Å²) in [6, 6.07) is 5.63. The average Bonchev–Trinajstić information content (AvgIpc) is 3.08. The summed E-state index contributed by atoms with van der Waals surface area (Å²) >= 11 is 1.52. The molecule has 1 unspecified atom stereocenters. The van der Waals surface area contributed by atoms with Crippen LogP contribution in [-0.2, 0) is 11.2 Å². The lowest BCUT2D eigenvalue weighted by Crippen LogP contribution is -2.27. The Balaban J connectivity index is 1.59. The van der Waals surface area contributed by atoms with E-state index in [4.69, 9.17) is 9.47 Å². The second-order valence-electron chi connectivity index (χ2n) is 6.26. The van der Waals surface area contributed by atoms with Crippen molar-refractivity contribution in [1.29, 1.82) is 0 Å². The number of hydrogen-bond donors (Lipinski definition) is 1. The number of ether oxygens (including phenoxy) is 2. The van der Waals surface area contributed by atoms with Crippen LogP contribution in [0.2, 0.25) is 0 Å². The van der Waals surface area contributed by atoms with Crippen LogP contribution in [0.1, 0.15) is 41.9 Å². The molecule has 1 aliphatic heterocycles. The van der Waals surface area contributed by atoms with Crippen molar-refractivity contribution in [2.45, 2.75) is 44.8 Å². The van der Waals surface area contributed by atoms with Gasteiger partial charge in [0, 0.05) is 17.8 Å². The minimum absolute atomic E-state index is 0.00269. The van der Waals surface area contributed by atoms with E-state index in [1.807, 2.05) is 45.2 Å². The van der Waals surface area contributed by atoms with Crippen molar-refractivity contribution in [2.75, 3.05) is 13.0 Å². The molecule has 0 bridgehead atoms. The van der Waals surface area contributed by atoms with Crippen LogP contribution in [0.5, 0.6) is 11.5 Å². The standard InChI is InChI=1S/C19H23N3O3S/c1-11(14-5-7-16-17(9-14)25-10-24-16)20-18(23)8-6-15-12(2)21-19(26-4)22-13(15)3/h5,7,9,11H,6,8,10H2,1-4H3,(H,20,23). The molecule has 0 radical (unpaired) electrons. The molecule has 0 saturated carbocycles. The number of benzene rings is 1. The molecular formula is C19H23N3O3S. The predicted molar refractivity (Wildman–Crippen MR) is 101 cm³/mol. The number of thioether (sulfide) groups is 1. The first-order valence-electron chi connectivity index (χ1n) is 8.55. The number of carbonyl (C=O) groups is 1. The molecule has 1 atom stereocenters. The molecule has 0 saturated heterocycles. The van der Waals surface area contributed by atoms with E-state index >= 15 is 0 Å². The fourth-order valence-electron chi connectivity index (χ4n) is 2.98. The third-order valence-electron chi connectivity index (χ3n) is 4.46. The number of aromatic nitrogens is 2. The molecule has 138 valence electrons. The Bertz CT molecular complexity index is 803. The Labute approximate surface area is 157 Å². The molecule has 6 nitrogen and oxygen atoms in total. The highest BCUT2D eigenvalue weighted by Gasteiger charge is 2.17. The summed E-state index contributed by atoms with van der Waals surface area (Å²) in [5.41, 5.74) is 3.92. The van der Waals surface area contributed by atoms with E-state index in [9.17, 15) is 4.79 Å². The average molecular weight is 373 g/mol. The first-order valence-corrected chi connectivity index (χ1v) is 9.77. The SMILES string of the molecule is CSc1nc(C)c(CCC(=O)NC(C)c2ccc3c(c2)OCO3)c(C)n1. The van der Waals surface area contributed by atoms with Crippen molar-refractivity contribution >= 4 is 17.7 Å². The van der Waals surface area contributed by atoms with Gasteiger partial charge in [-0.05, 0) is 56.7 Å². The van der Waals surface area contributed by atoms with Gasteiger partial charge < -0.3 is 14.8 Å². The Kier molecular flexibility index (Phi) is 5.66. The van der Waals surface area contributed by atoms with Crippen molar-refractivity contribution in [1.82, 2.24) is 15.3 Å². The molecule has 0 spiro atoms. The summed E-state index contributed by atoms with van der Waals surface area (Å²) in [6.45, 7) is 6.14. The van der Waals surface area contributed by atoms with Crippen molar-refractivity contribution in [3.05, 3.63) is 40.7 Å². The van der Waals surface area contributed by atoms with Gasteiger partial charge in [-0.3, -0.25) is 4.79 Å². The Hall–Kier alpha value is -2.28. The van der Waals surface area contributed by atoms with Crippen LogP contribution in [-0.4, -0.2) is 28.9 Å². The predicted octanol–water partition coefficient (Wildman–Crippen LogP) is 3.35. The lowest BCUT2D eigenvalue weighted by molar-refractivity contribution is -0.121. The van der Waals surface area contributed by atoms with E-state index in [-0.39, 0.29) is 18.7 Å². The zero-order chi connectivity index (χ0) is 18.7. The molecule has 1 amide bonds. The first-order chi connectivity index (χ1) is 12.5. The van der Waals surface area contributed by atoms with E-state index in [0.717, 1.165) is 39.2 Å². The van der Waals surface area contributed by atoms with E-state index in [0.29, 0.717) is 12.8 Å². The summed E-state index contributed by atoms with van der Waals surface area (Å²) < 4.78 is 10.7. The molecule has 3 rings (SSSR count). The maximum atomic E-state index is 12.4. The van der Waals surface area contributed by atoms with Crippen LogP contribution >= 0.6 is 11.8 Å². The van der Waals surface area contributed by atoms with Gasteiger partial charge in [0.05, 0.1) is 6.04 Å². The number of nitrogens with zero attached hydrogens (tertiary/aromatic N) is 2. The van der Waals surface area contributed by atoms with Crippen molar-refractivity contribution < 1.29 is 14.3 Å². The van der Waals surface area contributed by atoms with E-state index in [1.54, 1.807) is 0 Å². The van der Waals surface area contributed by atoms with Crippen LogP contribution in [0.4, 0.5) is 0 Å². The number of fused-ring (bicyclic) bond motifs is 1. The van der Waals surface area contributed by atoms with Gasteiger partial charge in [-0.1, -0.05) is 17.8 Å². The third-order valence-corrected chi connectivity index (χ3v) is 5.01. The second kappa shape index (κ2) is 7.95. The van der Waals surface area contributed by atoms with Crippen molar-refractivity contribution in [3.8, 4) is 11.5 Å². The van der Waals surface area contributed by atoms with Gasteiger partial charge in [-0.25, -0.2) is 9.97 Å². The molecular weight excluding hydrogens is 350 g/mol. The molecule has 1 aliphatic rings. The minimum atomic E-state index is -0.102. The zero-order valence-electron chi connectivity index (χ0n) is 15.5. The van der Waals surface area contributed by atoms with Gasteiger partial charge in [-0.15, -0.1) is 0 Å². The normalized spacial score (nSPS) is 13.5. The fraction of sp³-hybridized carbons (Fsp3) is 0.421. The summed E-state index contributed by atoms with van der Waals surface area (Å²) in [7, 11) is 0. The second-order valence-corrected chi connectivity index (χ2v) is 7.03. The molecule has 1 aromatic heterocycles. The molecule has 7 heteroatoms. The largest absolute Gasteiger partial charge is 0.454 e. The first kappa shape index (κ1) is 18.5. The third kappa shape index (κ3) is 4.09. The molecule has 1 N–H and O–H groups in total. The quantitative estimate of drug-likeness (QED) is 0.618. The van der Waals surface area contributed by atoms with Gasteiger partial charge in [0.25, 0.3) is 0 Å². The van der Waals surface area contributed by atoms with Gasteiger partial charge in [0.15, 0.2) is 16.7 Å². The number of carbonyl (C=O) groups excluding carboxylic acids is 1. The van der Waals surface area contributed by atoms with E-state index < -0.39 is 0 Å². The number of hydrogen-bond acceptors (Lipinski definition) is 6.